The van der Waals surface area contributed by atoms with Gasteiger partial charge in [-0.15, -0.1) is 11.3 Å². The van der Waals surface area contributed by atoms with Gasteiger partial charge in [0.2, 0.25) is 0 Å². The van der Waals surface area contributed by atoms with Crippen molar-refractivity contribution in [3.63, 3.8) is 0 Å². The number of anilines is 1. The molecule has 1 saturated heterocycles. The van der Waals surface area contributed by atoms with Gasteiger partial charge >= 0.3 is 6.09 Å². The van der Waals surface area contributed by atoms with Crippen molar-refractivity contribution >= 4 is 23.2 Å². The first-order chi connectivity index (χ1) is 15.7. The first kappa shape index (κ1) is 22.1. The molecule has 1 N–H and O–H groups in total. The van der Waals surface area contributed by atoms with E-state index in [4.69, 9.17) is 14.5 Å². The summed E-state index contributed by atoms with van der Waals surface area (Å²) in [5.74, 6) is 2.45. The van der Waals surface area contributed by atoms with Crippen LogP contribution in [0.4, 0.5) is 10.6 Å². The molecule has 0 aliphatic carbocycles. The number of aromatic nitrogens is 2. The molecule has 3 aromatic rings. The van der Waals surface area contributed by atoms with Crippen LogP contribution in [0, 0.1) is 5.92 Å². The van der Waals surface area contributed by atoms with E-state index >= 15 is 0 Å². The number of pyridine rings is 1. The lowest BCUT2D eigenvalue weighted by Crippen LogP contribution is -2.35. The average molecular weight is 453 g/mol. The number of benzene rings is 1. The molecule has 4 rings (SSSR count). The summed E-state index contributed by atoms with van der Waals surface area (Å²) in [5.41, 5.74) is 4.55. The molecule has 1 amide bonds. The van der Waals surface area contributed by atoms with E-state index in [1.807, 2.05) is 35.7 Å². The van der Waals surface area contributed by atoms with Crippen LogP contribution in [-0.2, 0) is 11.3 Å². The van der Waals surface area contributed by atoms with Crippen LogP contribution < -0.4 is 15.0 Å². The second-order valence-corrected chi connectivity index (χ2v) is 8.53. The van der Waals surface area contributed by atoms with Crippen molar-refractivity contribution in [2.24, 2.45) is 5.92 Å². The van der Waals surface area contributed by atoms with Gasteiger partial charge in [0.15, 0.2) is 0 Å². The minimum Gasteiger partial charge on any atom is -0.497 e. The quantitative estimate of drug-likeness (QED) is 0.532. The zero-order valence-electron chi connectivity index (χ0n) is 18.2. The number of hydrogen-bond donors (Lipinski definition) is 1. The SMILES string of the molecule is COc1ccc(-c2cccc(N3CCC(CCNC(=O)OCc4cscn4)CC3)n2)cc1. The summed E-state index contributed by atoms with van der Waals surface area (Å²) < 4.78 is 10.4. The van der Waals surface area contributed by atoms with Gasteiger partial charge in [-0.05, 0) is 61.6 Å². The van der Waals surface area contributed by atoms with E-state index in [1.54, 1.807) is 12.6 Å². The van der Waals surface area contributed by atoms with Crippen LogP contribution in [-0.4, -0.2) is 42.8 Å². The summed E-state index contributed by atoms with van der Waals surface area (Å²) in [6, 6.07) is 14.2. The molecule has 0 spiro atoms. The van der Waals surface area contributed by atoms with Crippen LogP contribution in [0.5, 0.6) is 5.75 Å². The van der Waals surface area contributed by atoms with Gasteiger partial charge in [-0.3, -0.25) is 0 Å². The summed E-state index contributed by atoms with van der Waals surface area (Å²) in [6.07, 6.45) is 2.75. The van der Waals surface area contributed by atoms with Gasteiger partial charge in [0, 0.05) is 30.6 Å². The van der Waals surface area contributed by atoms with Crippen LogP contribution >= 0.6 is 11.3 Å². The molecule has 2 aromatic heterocycles. The molecular formula is C24H28N4O3S. The van der Waals surface area contributed by atoms with Crippen molar-refractivity contribution < 1.29 is 14.3 Å². The smallest absolute Gasteiger partial charge is 0.407 e. The maximum Gasteiger partial charge on any atom is 0.407 e. The Labute approximate surface area is 192 Å². The molecule has 3 heterocycles. The van der Waals surface area contributed by atoms with Crippen molar-refractivity contribution in [3.8, 4) is 17.0 Å². The highest BCUT2D eigenvalue weighted by molar-refractivity contribution is 7.07. The lowest BCUT2D eigenvalue weighted by atomic mass is 9.93. The lowest BCUT2D eigenvalue weighted by Gasteiger charge is -2.33. The van der Waals surface area contributed by atoms with Crippen molar-refractivity contribution in [2.75, 3.05) is 31.6 Å². The maximum absolute atomic E-state index is 11.8. The Morgan fingerprint density at radius 1 is 1.19 bits per heavy atom. The normalized spacial score (nSPS) is 14.2. The Morgan fingerprint density at radius 3 is 2.72 bits per heavy atom. The number of alkyl carbamates (subject to hydrolysis) is 1. The zero-order chi connectivity index (χ0) is 22.2. The first-order valence-electron chi connectivity index (χ1n) is 10.9. The summed E-state index contributed by atoms with van der Waals surface area (Å²) in [6.45, 7) is 2.79. The van der Waals surface area contributed by atoms with Crippen LogP contribution in [0.15, 0.2) is 53.4 Å². The summed E-state index contributed by atoms with van der Waals surface area (Å²) in [7, 11) is 1.67. The number of nitrogens with zero attached hydrogens (tertiary/aromatic N) is 3. The molecule has 0 unspecified atom stereocenters. The summed E-state index contributed by atoms with van der Waals surface area (Å²) in [4.78, 5) is 23.2. The fraction of sp³-hybridized carbons (Fsp3) is 0.375. The number of nitrogens with one attached hydrogen (secondary N) is 1. The maximum atomic E-state index is 11.8. The van der Waals surface area contributed by atoms with Crippen LogP contribution in [0.2, 0.25) is 0 Å². The first-order valence-corrected chi connectivity index (χ1v) is 11.8. The Kier molecular flexibility index (Phi) is 7.55. The van der Waals surface area contributed by atoms with Crippen LogP contribution in [0.1, 0.15) is 25.0 Å². The predicted octanol–water partition coefficient (Wildman–Crippen LogP) is 4.75. The molecule has 168 valence electrons. The third-order valence-electron chi connectivity index (χ3n) is 5.72. The number of carbonyl (C=O) groups is 1. The predicted molar refractivity (Wildman–Crippen MR) is 126 cm³/mol. The van der Waals surface area contributed by atoms with Gasteiger partial charge < -0.3 is 19.7 Å². The molecule has 0 radical (unpaired) electrons. The van der Waals surface area contributed by atoms with Crippen molar-refractivity contribution in [2.45, 2.75) is 25.9 Å². The Bertz CT molecular complexity index is 987. The minimum absolute atomic E-state index is 0.219. The molecule has 8 heteroatoms. The van der Waals surface area contributed by atoms with Gasteiger partial charge in [0.05, 0.1) is 24.0 Å². The van der Waals surface area contributed by atoms with E-state index in [2.05, 4.69) is 27.3 Å². The number of thiazole rings is 1. The number of methoxy groups -OCH3 is 1. The fourth-order valence-electron chi connectivity index (χ4n) is 3.85. The number of ether oxygens (including phenoxy) is 2. The number of hydrogen-bond acceptors (Lipinski definition) is 7. The van der Waals surface area contributed by atoms with Gasteiger partial charge in [-0.1, -0.05) is 6.07 Å². The minimum atomic E-state index is -0.380. The molecule has 1 aliphatic heterocycles. The van der Waals surface area contributed by atoms with E-state index in [-0.39, 0.29) is 12.7 Å². The van der Waals surface area contributed by atoms with E-state index in [0.29, 0.717) is 12.5 Å². The third kappa shape index (κ3) is 5.97. The largest absolute Gasteiger partial charge is 0.497 e. The van der Waals surface area contributed by atoms with E-state index in [1.165, 1.54) is 11.3 Å². The molecule has 0 atom stereocenters. The molecule has 7 nitrogen and oxygen atoms in total. The van der Waals surface area contributed by atoms with E-state index < -0.39 is 0 Å². The molecule has 1 aromatic carbocycles. The van der Waals surface area contributed by atoms with Gasteiger partial charge in [-0.2, -0.15) is 0 Å². The Morgan fingerprint density at radius 2 is 2.00 bits per heavy atom. The summed E-state index contributed by atoms with van der Waals surface area (Å²) >= 11 is 1.49. The summed E-state index contributed by atoms with van der Waals surface area (Å²) in [5, 5.41) is 4.73. The zero-order valence-corrected chi connectivity index (χ0v) is 19.0. The number of piperidine rings is 1. The number of rotatable bonds is 8. The number of amides is 1. The number of carbonyl (C=O) groups excluding carboxylic acids is 1. The molecular weight excluding hydrogens is 424 g/mol. The molecule has 1 fully saturated rings. The van der Waals surface area contributed by atoms with E-state index in [0.717, 1.165) is 60.9 Å². The van der Waals surface area contributed by atoms with Gasteiger partial charge in [-0.25, -0.2) is 14.8 Å². The Hall–Kier alpha value is -3.13. The highest BCUT2D eigenvalue weighted by Crippen LogP contribution is 2.27. The highest BCUT2D eigenvalue weighted by Gasteiger charge is 2.20. The van der Waals surface area contributed by atoms with Gasteiger partial charge in [0.25, 0.3) is 0 Å². The van der Waals surface area contributed by atoms with Crippen molar-refractivity contribution in [1.29, 1.82) is 0 Å². The lowest BCUT2D eigenvalue weighted by molar-refractivity contribution is 0.137. The highest BCUT2D eigenvalue weighted by atomic mass is 32.1. The second kappa shape index (κ2) is 10.9. The fourth-order valence-corrected chi connectivity index (χ4v) is 4.39. The molecule has 32 heavy (non-hydrogen) atoms. The molecule has 1 aliphatic rings. The average Bonchev–Trinajstić information content (AvgIpc) is 3.37. The second-order valence-electron chi connectivity index (χ2n) is 7.81. The van der Waals surface area contributed by atoms with Crippen LogP contribution in [0.25, 0.3) is 11.3 Å². The van der Waals surface area contributed by atoms with Crippen molar-refractivity contribution in [3.05, 3.63) is 59.0 Å². The monoisotopic (exact) mass is 452 g/mol. The molecule has 0 saturated carbocycles. The van der Waals surface area contributed by atoms with Crippen LogP contribution in [0.3, 0.4) is 0 Å². The van der Waals surface area contributed by atoms with E-state index in [9.17, 15) is 4.79 Å². The van der Waals surface area contributed by atoms with Gasteiger partial charge in [0.1, 0.15) is 18.2 Å². The third-order valence-corrected chi connectivity index (χ3v) is 6.35. The topological polar surface area (TPSA) is 76.6 Å². The Balaban J connectivity index is 1.21. The van der Waals surface area contributed by atoms with Crippen molar-refractivity contribution in [1.82, 2.24) is 15.3 Å². The standard InChI is InChI=1S/C24H28N4O3S/c1-30-21-7-5-19(6-8-21)22-3-2-4-23(27-22)28-13-10-18(11-14-28)9-12-25-24(29)31-15-20-16-32-17-26-20/h2-8,16-18H,9-15H2,1H3,(H,25,29). The molecule has 0 bridgehead atoms.